The first-order chi connectivity index (χ1) is 29.5. The molecule has 0 N–H and O–H groups in total. The summed E-state index contributed by atoms with van der Waals surface area (Å²) in [5.41, 5.74) is 13.4. The Morgan fingerprint density at radius 1 is 0.383 bits per heavy atom. The molecule has 0 amide bonds. The van der Waals surface area contributed by atoms with E-state index >= 15 is 0 Å². The molecule has 0 atom stereocenters. The van der Waals surface area contributed by atoms with E-state index < -0.39 is 0 Å². The van der Waals surface area contributed by atoms with Crippen molar-refractivity contribution in [2.45, 2.75) is 19.3 Å². The van der Waals surface area contributed by atoms with Gasteiger partial charge in [0, 0.05) is 53.2 Å². The lowest BCUT2D eigenvalue weighted by Gasteiger charge is -2.21. The Balaban J connectivity index is 0.966. The highest BCUT2D eigenvalue weighted by Crippen LogP contribution is 2.50. The van der Waals surface area contributed by atoms with Crippen molar-refractivity contribution in [1.29, 1.82) is 0 Å². The number of para-hydroxylation sites is 1. The normalized spacial score (nSPS) is 13.0. The van der Waals surface area contributed by atoms with Crippen molar-refractivity contribution >= 4 is 53.2 Å². The summed E-state index contributed by atoms with van der Waals surface area (Å²) in [7, 11) is 0. The number of nitrogens with zero attached hydrogens (tertiary/aromatic N) is 4. The van der Waals surface area contributed by atoms with E-state index in [0.29, 0.717) is 17.5 Å². The molecule has 282 valence electrons. The summed E-state index contributed by atoms with van der Waals surface area (Å²) >= 11 is 1.85. The van der Waals surface area contributed by atoms with Crippen LogP contribution in [0.4, 0.5) is 0 Å². The van der Waals surface area contributed by atoms with Gasteiger partial charge >= 0.3 is 0 Å². The van der Waals surface area contributed by atoms with Crippen molar-refractivity contribution < 1.29 is 0 Å². The zero-order valence-electron chi connectivity index (χ0n) is 33.0. The highest BCUT2D eigenvalue weighted by Gasteiger charge is 2.35. The zero-order chi connectivity index (χ0) is 40.0. The molecule has 3 heterocycles. The third kappa shape index (κ3) is 5.36. The maximum absolute atomic E-state index is 5.37. The van der Waals surface area contributed by atoms with Crippen LogP contribution in [-0.2, 0) is 5.41 Å². The minimum atomic E-state index is -0.130. The fourth-order valence-corrected chi connectivity index (χ4v) is 10.6. The number of aromatic nitrogens is 4. The second-order valence-corrected chi connectivity index (χ2v) is 17.2. The summed E-state index contributed by atoms with van der Waals surface area (Å²) in [6.45, 7) is 4.61. The predicted octanol–water partition coefficient (Wildman–Crippen LogP) is 14.6. The Labute approximate surface area is 351 Å². The fourth-order valence-electron chi connectivity index (χ4n) is 9.35. The Bertz CT molecular complexity index is 3510. The number of hydrogen-bond acceptors (Lipinski definition) is 5. The monoisotopic (exact) mass is 784 g/mol. The molecule has 8 aromatic carbocycles. The molecule has 0 fully saturated rings. The first-order valence-electron chi connectivity index (χ1n) is 20.4. The minimum Gasteiger partial charge on any atom is -0.247 e. The van der Waals surface area contributed by atoms with Gasteiger partial charge < -0.3 is 0 Å². The Morgan fingerprint density at radius 2 is 0.917 bits per heavy atom. The van der Waals surface area contributed by atoms with Gasteiger partial charge in [-0.15, -0.1) is 11.3 Å². The molecule has 0 spiro atoms. The van der Waals surface area contributed by atoms with Gasteiger partial charge in [-0.3, -0.25) is 0 Å². The van der Waals surface area contributed by atoms with E-state index in [1.165, 1.54) is 58.6 Å². The molecule has 0 saturated heterocycles. The summed E-state index contributed by atoms with van der Waals surface area (Å²) in [5, 5.41) is 6.02. The smallest absolute Gasteiger partial charge is 0.164 e. The highest BCUT2D eigenvalue weighted by molar-refractivity contribution is 7.26. The topological polar surface area (TPSA) is 51.6 Å². The van der Waals surface area contributed by atoms with Crippen LogP contribution in [0.5, 0.6) is 0 Å². The zero-order valence-corrected chi connectivity index (χ0v) is 33.8. The largest absolute Gasteiger partial charge is 0.247 e. The number of hydrogen-bond donors (Lipinski definition) is 0. The van der Waals surface area contributed by atoms with E-state index in [-0.39, 0.29) is 5.41 Å². The van der Waals surface area contributed by atoms with Crippen LogP contribution in [0.2, 0.25) is 0 Å². The van der Waals surface area contributed by atoms with E-state index in [1.807, 2.05) is 29.5 Å². The molecule has 0 bridgehead atoms. The van der Waals surface area contributed by atoms with E-state index in [2.05, 4.69) is 178 Å². The molecular formula is C55H36N4S. The first kappa shape index (κ1) is 34.7. The molecule has 0 saturated carbocycles. The Kier molecular flexibility index (Phi) is 7.72. The van der Waals surface area contributed by atoms with Crippen LogP contribution in [0.25, 0.3) is 110 Å². The highest BCUT2D eigenvalue weighted by atomic mass is 32.1. The van der Waals surface area contributed by atoms with Gasteiger partial charge in [0.2, 0.25) is 0 Å². The van der Waals surface area contributed by atoms with Crippen LogP contribution in [0, 0.1) is 0 Å². The van der Waals surface area contributed by atoms with Crippen LogP contribution in [0.15, 0.2) is 182 Å². The van der Waals surface area contributed by atoms with Crippen molar-refractivity contribution in [3.05, 3.63) is 193 Å². The Hall–Kier alpha value is -7.34. The van der Waals surface area contributed by atoms with E-state index in [1.54, 1.807) is 0 Å². The maximum Gasteiger partial charge on any atom is 0.164 e. The van der Waals surface area contributed by atoms with Gasteiger partial charge in [0.05, 0.1) is 11.2 Å². The second-order valence-electron chi connectivity index (χ2n) is 16.2. The van der Waals surface area contributed by atoms with Crippen molar-refractivity contribution in [1.82, 2.24) is 19.9 Å². The van der Waals surface area contributed by atoms with Gasteiger partial charge in [0.25, 0.3) is 0 Å². The fraction of sp³-hybridized carbons (Fsp3) is 0.0545. The molecule has 11 aromatic rings. The summed E-state index contributed by atoms with van der Waals surface area (Å²) in [4.78, 5) is 20.7. The van der Waals surface area contributed by atoms with Gasteiger partial charge in [0.15, 0.2) is 17.5 Å². The standard InChI is InChI=1S/C55H36N4S/c1-55(2)45-21-11-8-18-40(45)41-29-28-36(32-46(41)55)54-58-52(34-14-4-3-5-15-34)57-53(59-54)35-26-24-33(25-27-35)37-30-31-42(39-17-7-6-16-38(37)39)50-49-44-20-10-13-23-48(44)60-51(49)43-19-9-12-22-47(43)56-50/h3-32H,1-2H3. The van der Waals surface area contributed by atoms with Crippen LogP contribution in [0.3, 0.4) is 0 Å². The van der Waals surface area contributed by atoms with E-state index in [4.69, 9.17) is 19.9 Å². The van der Waals surface area contributed by atoms with Gasteiger partial charge in [-0.1, -0.05) is 178 Å². The van der Waals surface area contributed by atoms with Crippen molar-refractivity contribution in [3.8, 4) is 67.7 Å². The molecule has 0 unspecified atom stereocenters. The molecule has 1 aliphatic carbocycles. The molecule has 12 rings (SSSR count). The third-order valence-electron chi connectivity index (χ3n) is 12.4. The molecule has 4 nitrogen and oxygen atoms in total. The van der Waals surface area contributed by atoms with Crippen molar-refractivity contribution in [2.75, 3.05) is 0 Å². The lowest BCUT2D eigenvalue weighted by molar-refractivity contribution is 0.660. The molecular weight excluding hydrogens is 749 g/mol. The van der Waals surface area contributed by atoms with E-state index in [0.717, 1.165) is 44.6 Å². The maximum atomic E-state index is 5.37. The van der Waals surface area contributed by atoms with Crippen molar-refractivity contribution in [2.24, 2.45) is 0 Å². The molecule has 1 aliphatic rings. The van der Waals surface area contributed by atoms with Gasteiger partial charge in [-0.2, -0.15) is 0 Å². The first-order valence-corrected chi connectivity index (χ1v) is 21.2. The average molecular weight is 785 g/mol. The SMILES string of the molecule is CC1(C)c2ccccc2-c2ccc(-c3nc(-c4ccccc4)nc(-c4ccc(-c5ccc(-c6nc7ccccc7c7sc8ccccc8c67)c6ccccc56)cc4)n3)cc21. The van der Waals surface area contributed by atoms with Gasteiger partial charge in [-0.05, 0) is 62.4 Å². The van der Waals surface area contributed by atoms with Gasteiger partial charge in [0.1, 0.15) is 0 Å². The molecule has 5 heteroatoms. The lowest BCUT2D eigenvalue weighted by atomic mass is 9.82. The molecule has 0 aliphatic heterocycles. The van der Waals surface area contributed by atoms with Crippen LogP contribution in [0.1, 0.15) is 25.0 Å². The van der Waals surface area contributed by atoms with Crippen molar-refractivity contribution in [3.63, 3.8) is 0 Å². The molecule has 3 aromatic heterocycles. The molecule has 0 radical (unpaired) electrons. The predicted molar refractivity (Wildman–Crippen MR) is 250 cm³/mol. The third-order valence-corrected chi connectivity index (χ3v) is 13.6. The summed E-state index contributed by atoms with van der Waals surface area (Å²) < 4.78 is 2.55. The minimum absolute atomic E-state index is 0.130. The Morgan fingerprint density at radius 3 is 1.70 bits per heavy atom. The summed E-state index contributed by atoms with van der Waals surface area (Å²) in [6.07, 6.45) is 0. The van der Waals surface area contributed by atoms with Crippen LogP contribution < -0.4 is 0 Å². The number of benzene rings is 8. The van der Waals surface area contributed by atoms with Crippen LogP contribution >= 0.6 is 11.3 Å². The summed E-state index contributed by atoms with van der Waals surface area (Å²) in [6, 6.07) is 64.7. The lowest BCUT2D eigenvalue weighted by Crippen LogP contribution is -2.15. The summed E-state index contributed by atoms with van der Waals surface area (Å²) in [5.74, 6) is 1.95. The number of pyridine rings is 1. The average Bonchev–Trinajstić information content (AvgIpc) is 3.81. The number of rotatable bonds is 5. The van der Waals surface area contributed by atoms with Crippen LogP contribution in [-0.4, -0.2) is 19.9 Å². The van der Waals surface area contributed by atoms with E-state index in [9.17, 15) is 0 Å². The number of thiophene rings is 1. The number of fused-ring (bicyclic) bond motifs is 9. The van der Waals surface area contributed by atoms with Gasteiger partial charge in [-0.25, -0.2) is 19.9 Å². The quantitative estimate of drug-likeness (QED) is 0.174. The second kappa shape index (κ2) is 13.3. The molecule has 60 heavy (non-hydrogen) atoms.